The molecule has 142 valence electrons. The Kier molecular flexibility index (Phi) is 5.26. The van der Waals surface area contributed by atoms with E-state index < -0.39 is 0 Å². The first-order valence-corrected chi connectivity index (χ1v) is 10.2. The molecule has 1 amide bonds. The molecular weight excluding hydrogens is 334 g/mol. The highest BCUT2D eigenvalue weighted by molar-refractivity contribution is 5.76. The lowest BCUT2D eigenvalue weighted by molar-refractivity contribution is -0.134. The standard InChI is InChI=1S/C23H29N3O/c1-2-22(27)25-17-21-10-4-3-9-20(21)14-23(18-25)11-5-6-13-26(23)16-19-8-7-12-24-15-19/h3-4,7-10,12,15H,2,5-6,11,13-14,16-18H2,1H3. The molecule has 4 heteroatoms. The van der Waals surface area contributed by atoms with Gasteiger partial charge in [0.15, 0.2) is 0 Å². The molecule has 1 aromatic carbocycles. The second-order valence-electron chi connectivity index (χ2n) is 8.01. The average Bonchev–Trinajstić information content (AvgIpc) is 2.87. The number of rotatable bonds is 3. The van der Waals surface area contributed by atoms with Gasteiger partial charge in [-0.2, -0.15) is 0 Å². The Hall–Kier alpha value is -2.20. The van der Waals surface area contributed by atoms with E-state index in [-0.39, 0.29) is 11.4 Å². The van der Waals surface area contributed by atoms with Crippen molar-refractivity contribution in [3.63, 3.8) is 0 Å². The maximum atomic E-state index is 12.7. The molecule has 0 N–H and O–H groups in total. The smallest absolute Gasteiger partial charge is 0.222 e. The predicted octanol–water partition coefficient (Wildman–Crippen LogP) is 3.80. The van der Waals surface area contributed by atoms with Crippen molar-refractivity contribution in [2.24, 2.45) is 0 Å². The molecule has 1 atom stereocenters. The number of hydrogen-bond acceptors (Lipinski definition) is 3. The van der Waals surface area contributed by atoms with Gasteiger partial charge in [-0.25, -0.2) is 0 Å². The number of piperidine rings is 1. The monoisotopic (exact) mass is 363 g/mol. The molecule has 2 aromatic rings. The Morgan fingerprint density at radius 3 is 2.78 bits per heavy atom. The van der Waals surface area contributed by atoms with Gasteiger partial charge in [0.2, 0.25) is 5.91 Å². The highest BCUT2D eigenvalue weighted by Crippen LogP contribution is 2.37. The van der Waals surface area contributed by atoms with E-state index in [0.29, 0.717) is 6.42 Å². The Bertz CT molecular complexity index is 791. The maximum Gasteiger partial charge on any atom is 0.222 e. The van der Waals surface area contributed by atoms with Gasteiger partial charge in [0.1, 0.15) is 0 Å². The molecule has 0 radical (unpaired) electrons. The first kappa shape index (κ1) is 18.2. The normalized spacial score (nSPS) is 23.1. The van der Waals surface area contributed by atoms with Crippen molar-refractivity contribution < 1.29 is 4.79 Å². The lowest BCUT2D eigenvalue weighted by Gasteiger charge is -2.48. The quantitative estimate of drug-likeness (QED) is 0.832. The molecule has 3 heterocycles. The number of nitrogens with zero attached hydrogens (tertiary/aromatic N) is 3. The number of benzene rings is 1. The van der Waals surface area contributed by atoms with Crippen LogP contribution in [0.5, 0.6) is 0 Å². The fraction of sp³-hybridized carbons (Fsp3) is 0.478. The molecule has 4 rings (SSSR count). The first-order chi connectivity index (χ1) is 13.2. The van der Waals surface area contributed by atoms with E-state index in [1.807, 2.05) is 25.4 Å². The van der Waals surface area contributed by atoms with Gasteiger partial charge in [-0.3, -0.25) is 14.7 Å². The summed E-state index contributed by atoms with van der Waals surface area (Å²) in [6, 6.07) is 12.9. The maximum absolute atomic E-state index is 12.7. The first-order valence-electron chi connectivity index (χ1n) is 10.2. The van der Waals surface area contributed by atoms with Crippen LogP contribution in [-0.4, -0.2) is 39.3 Å². The van der Waals surface area contributed by atoms with Crippen LogP contribution in [0.1, 0.15) is 49.3 Å². The van der Waals surface area contributed by atoms with E-state index in [2.05, 4.69) is 45.1 Å². The number of carbonyl (C=O) groups is 1. The topological polar surface area (TPSA) is 36.4 Å². The van der Waals surface area contributed by atoms with Crippen molar-refractivity contribution in [2.75, 3.05) is 13.1 Å². The van der Waals surface area contributed by atoms with Gasteiger partial charge in [-0.15, -0.1) is 0 Å². The Morgan fingerprint density at radius 1 is 1.15 bits per heavy atom. The SMILES string of the molecule is CCC(=O)N1Cc2ccccc2CC2(CCCCN2Cc2cccnc2)C1. The minimum absolute atomic E-state index is 0.0194. The van der Waals surface area contributed by atoms with Crippen LogP contribution in [0.2, 0.25) is 0 Å². The Balaban J connectivity index is 1.71. The molecule has 4 nitrogen and oxygen atoms in total. The number of pyridine rings is 1. The van der Waals surface area contributed by atoms with Gasteiger partial charge in [-0.1, -0.05) is 43.7 Å². The van der Waals surface area contributed by atoms with Crippen molar-refractivity contribution in [1.82, 2.24) is 14.8 Å². The van der Waals surface area contributed by atoms with Crippen LogP contribution in [0.25, 0.3) is 0 Å². The largest absolute Gasteiger partial charge is 0.337 e. The summed E-state index contributed by atoms with van der Waals surface area (Å²) in [5, 5.41) is 0. The summed E-state index contributed by atoms with van der Waals surface area (Å²) in [6.07, 6.45) is 9.01. The molecule has 2 aliphatic rings. The fourth-order valence-electron chi connectivity index (χ4n) is 4.80. The van der Waals surface area contributed by atoms with Gasteiger partial charge in [-0.05, 0) is 48.6 Å². The minimum atomic E-state index is 0.0194. The van der Waals surface area contributed by atoms with Gasteiger partial charge < -0.3 is 4.90 Å². The van der Waals surface area contributed by atoms with Crippen molar-refractivity contribution in [2.45, 2.75) is 57.7 Å². The molecule has 1 fully saturated rings. The number of fused-ring (bicyclic) bond motifs is 1. The summed E-state index contributed by atoms with van der Waals surface area (Å²) in [7, 11) is 0. The molecule has 0 saturated carbocycles. The predicted molar refractivity (Wildman–Crippen MR) is 107 cm³/mol. The van der Waals surface area contributed by atoms with Crippen LogP contribution in [-0.2, 0) is 24.3 Å². The second-order valence-corrected chi connectivity index (χ2v) is 8.01. The van der Waals surface area contributed by atoms with Crippen LogP contribution in [0, 0.1) is 0 Å². The van der Waals surface area contributed by atoms with Gasteiger partial charge >= 0.3 is 0 Å². The third-order valence-electron chi connectivity index (χ3n) is 6.23. The molecule has 2 aliphatic heterocycles. The Morgan fingerprint density at radius 2 is 2.00 bits per heavy atom. The van der Waals surface area contributed by atoms with Crippen LogP contribution < -0.4 is 0 Å². The summed E-state index contributed by atoms with van der Waals surface area (Å²) >= 11 is 0. The molecule has 27 heavy (non-hydrogen) atoms. The highest BCUT2D eigenvalue weighted by Gasteiger charge is 2.43. The lowest BCUT2D eigenvalue weighted by Crippen LogP contribution is -2.58. The minimum Gasteiger partial charge on any atom is -0.337 e. The van der Waals surface area contributed by atoms with E-state index in [9.17, 15) is 4.79 Å². The molecular formula is C23H29N3O. The zero-order valence-electron chi connectivity index (χ0n) is 16.2. The van der Waals surface area contributed by atoms with Crippen molar-refractivity contribution >= 4 is 5.91 Å². The van der Waals surface area contributed by atoms with Crippen LogP contribution in [0.4, 0.5) is 0 Å². The van der Waals surface area contributed by atoms with Gasteiger partial charge in [0.05, 0.1) is 0 Å². The zero-order chi connectivity index (χ0) is 18.7. The van der Waals surface area contributed by atoms with Crippen molar-refractivity contribution in [3.05, 3.63) is 65.5 Å². The number of carbonyl (C=O) groups excluding carboxylic acids is 1. The zero-order valence-corrected chi connectivity index (χ0v) is 16.2. The summed E-state index contributed by atoms with van der Waals surface area (Å²) in [5.41, 5.74) is 3.99. The van der Waals surface area contributed by atoms with Crippen molar-refractivity contribution in [1.29, 1.82) is 0 Å². The molecule has 1 saturated heterocycles. The van der Waals surface area contributed by atoms with E-state index in [4.69, 9.17) is 0 Å². The summed E-state index contributed by atoms with van der Waals surface area (Å²) in [4.78, 5) is 21.8. The van der Waals surface area contributed by atoms with E-state index >= 15 is 0 Å². The number of likely N-dealkylation sites (tertiary alicyclic amines) is 1. The molecule has 1 spiro atoms. The summed E-state index contributed by atoms with van der Waals surface area (Å²) < 4.78 is 0. The molecule has 0 bridgehead atoms. The van der Waals surface area contributed by atoms with Crippen LogP contribution in [0.15, 0.2) is 48.8 Å². The molecule has 1 aromatic heterocycles. The third-order valence-corrected chi connectivity index (χ3v) is 6.23. The lowest BCUT2D eigenvalue weighted by atomic mass is 9.80. The van der Waals surface area contributed by atoms with E-state index in [1.165, 1.54) is 29.5 Å². The van der Waals surface area contributed by atoms with Gasteiger partial charge in [0, 0.05) is 44.0 Å². The fourth-order valence-corrected chi connectivity index (χ4v) is 4.80. The third kappa shape index (κ3) is 3.77. The molecule has 0 aliphatic carbocycles. The molecule has 1 unspecified atom stereocenters. The van der Waals surface area contributed by atoms with E-state index in [0.717, 1.165) is 39.0 Å². The number of aromatic nitrogens is 1. The number of amides is 1. The van der Waals surface area contributed by atoms with Crippen LogP contribution in [0.3, 0.4) is 0 Å². The van der Waals surface area contributed by atoms with Gasteiger partial charge in [0.25, 0.3) is 0 Å². The van der Waals surface area contributed by atoms with Crippen LogP contribution >= 0.6 is 0 Å². The second kappa shape index (κ2) is 7.81. The highest BCUT2D eigenvalue weighted by atomic mass is 16.2. The summed E-state index contributed by atoms with van der Waals surface area (Å²) in [5.74, 6) is 0.262. The van der Waals surface area contributed by atoms with E-state index in [1.54, 1.807) is 0 Å². The Labute approximate surface area is 162 Å². The average molecular weight is 364 g/mol. The number of hydrogen-bond donors (Lipinski definition) is 0. The summed E-state index contributed by atoms with van der Waals surface area (Å²) in [6.45, 7) is 5.54. The van der Waals surface area contributed by atoms with Crippen molar-refractivity contribution in [3.8, 4) is 0 Å².